The molecule has 0 saturated carbocycles. The number of phosphoric acid groups is 1. The third-order valence-electron chi connectivity index (χ3n) is 11.4. The highest BCUT2D eigenvalue weighted by molar-refractivity contribution is 7.47. The Bertz CT molecular complexity index is 955. The standard InChI is InChI=1S/C48H96NO9P/c1-3-5-7-9-11-13-15-17-19-21-22-23-24-25-26-28-30-32-34-36-38-40-47(50)58-45(43-56-59(53,54)57-44-46(49)48(51)52)42-55-41-39-37-35-33-31-29-27-20-18-16-14-12-10-8-6-4-2/h45-46H,3-44,49H2,1-2H3,(H,51,52)(H,53,54)/t45-,46+/m1/s1. The number of carbonyl (C=O) groups excluding carboxylic acids is 1. The van der Waals surface area contributed by atoms with Gasteiger partial charge in [0, 0.05) is 13.0 Å². The zero-order valence-electron chi connectivity index (χ0n) is 38.6. The van der Waals surface area contributed by atoms with Gasteiger partial charge < -0.3 is 25.2 Å². The molecule has 0 bridgehead atoms. The highest BCUT2D eigenvalue weighted by atomic mass is 31.2. The van der Waals surface area contributed by atoms with Crippen LogP contribution in [0, 0.1) is 0 Å². The summed E-state index contributed by atoms with van der Waals surface area (Å²) in [7, 11) is -4.61. The maximum absolute atomic E-state index is 12.7. The van der Waals surface area contributed by atoms with Gasteiger partial charge in [-0.05, 0) is 12.8 Å². The zero-order chi connectivity index (χ0) is 43.3. The van der Waals surface area contributed by atoms with Crippen molar-refractivity contribution in [2.75, 3.05) is 26.4 Å². The number of ether oxygens (including phenoxy) is 2. The molecule has 0 rings (SSSR count). The van der Waals surface area contributed by atoms with Gasteiger partial charge in [-0.1, -0.05) is 239 Å². The van der Waals surface area contributed by atoms with Crippen LogP contribution in [0.5, 0.6) is 0 Å². The van der Waals surface area contributed by atoms with E-state index < -0.39 is 45.1 Å². The van der Waals surface area contributed by atoms with Crippen molar-refractivity contribution in [1.82, 2.24) is 0 Å². The van der Waals surface area contributed by atoms with Crippen molar-refractivity contribution in [3.63, 3.8) is 0 Å². The molecule has 0 fully saturated rings. The Balaban J connectivity index is 4.08. The molecule has 0 saturated heterocycles. The molecule has 0 aromatic heterocycles. The molecule has 352 valence electrons. The van der Waals surface area contributed by atoms with Crippen molar-refractivity contribution in [3.05, 3.63) is 0 Å². The van der Waals surface area contributed by atoms with Crippen LogP contribution in [-0.4, -0.2) is 60.5 Å². The normalized spacial score (nSPS) is 13.7. The molecule has 0 aliphatic rings. The second kappa shape index (κ2) is 45.0. The number of rotatable bonds is 49. The van der Waals surface area contributed by atoms with Gasteiger partial charge in [0.05, 0.1) is 19.8 Å². The number of carboxylic acid groups (broad SMARTS) is 1. The van der Waals surface area contributed by atoms with Crippen molar-refractivity contribution in [1.29, 1.82) is 0 Å². The van der Waals surface area contributed by atoms with Gasteiger partial charge in [0.1, 0.15) is 12.1 Å². The molecule has 59 heavy (non-hydrogen) atoms. The Morgan fingerprint density at radius 3 is 1.12 bits per heavy atom. The summed E-state index contributed by atoms with van der Waals surface area (Å²) >= 11 is 0. The lowest BCUT2D eigenvalue weighted by atomic mass is 10.0. The minimum atomic E-state index is -4.61. The van der Waals surface area contributed by atoms with Crippen LogP contribution >= 0.6 is 7.82 Å². The first kappa shape index (κ1) is 58.0. The monoisotopic (exact) mass is 862 g/mol. The fourth-order valence-corrected chi connectivity index (χ4v) is 8.27. The van der Waals surface area contributed by atoms with Gasteiger partial charge in [0.15, 0.2) is 0 Å². The number of nitrogens with two attached hydrogens (primary N) is 1. The van der Waals surface area contributed by atoms with E-state index in [9.17, 15) is 19.0 Å². The number of hydrogen-bond donors (Lipinski definition) is 3. The van der Waals surface area contributed by atoms with Crippen LogP contribution in [0.15, 0.2) is 0 Å². The van der Waals surface area contributed by atoms with Gasteiger partial charge in [-0.25, -0.2) is 4.57 Å². The van der Waals surface area contributed by atoms with Gasteiger partial charge in [-0.3, -0.25) is 18.6 Å². The summed E-state index contributed by atoms with van der Waals surface area (Å²) in [5, 5.41) is 8.92. The van der Waals surface area contributed by atoms with Gasteiger partial charge in [-0.15, -0.1) is 0 Å². The Morgan fingerprint density at radius 2 is 0.780 bits per heavy atom. The molecule has 3 atom stereocenters. The Hall–Kier alpha value is -1.03. The van der Waals surface area contributed by atoms with E-state index in [1.54, 1.807) is 0 Å². The molecule has 0 radical (unpaired) electrons. The first-order valence-corrected chi connectivity index (χ1v) is 26.6. The van der Waals surface area contributed by atoms with Crippen LogP contribution in [0.25, 0.3) is 0 Å². The number of unbranched alkanes of at least 4 members (excludes halogenated alkanes) is 35. The van der Waals surface area contributed by atoms with Crippen LogP contribution in [0.1, 0.15) is 258 Å². The molecule has 1 unspecified atom stereocenters. The van der Waals surface area contributed by atoms with E-state index >= 15 is 0 Å². The van der Waals surface area contributed by atoms with Gasteiger partial charge in [-0.2, -0.15) is 0 Å². The van der Waals surface area contributed by atoms with Gasteiger partial charge in [0.2, 0.25) is 0 Å². The maximum Gasteiger partial charge on any atom is 0.472 e. The summed E-state index contributed by atoms with van der Waals surface area (Å²) in [6.45, 7) is 3.95. The van der Waals surface area contributed by atoms with E-state index in [1.165, 1.54) is 199 Å². The molecule has 4 N–H and O–H groups in total. The highest BCUT2D eigenvalue weighted by Gasteiger charge is 2.27. The average molecular weight is 862 g/mol. The molecule has 0 heterocycles. The third-order valence-corrected chi connectivity index (χ3v) is 12.3. The lowest BCUT2D eigenvalue weighted by molar-refractivity contribution is -0.154. The van der Waals surface area contributed by atoms with Gasteiger partial charge in [0.25, 0.3) is 0 Å². The first-order chi connectivity index (χ1) is 28.7. The van der Waals surface area contributed by atoms with Crippen molar-refractivity contribution in [2.45, 2.75) is 270 Å². The minimum absolute atomic E-state index is 0.0262. The molecule has 0 aromatic rings. The highest BCUT2D eigenvalue weighted by Crippen LogP contribution is 2.43. The second-order valence-corrected chi connectivity index (χ2v) is 18.8. The summed E-state index contributed by atoms with van der Waals surface area (Å²) in [4.78, 5) is 33.6. The molecule has 11 heteroatoms. The molecular formula is C48H96NO9P. The first-order valence-electron chi connectivity index (χ1n) is 25.1. The fourth-order valence-electron chi connectivity index (χ4n) is 7.49. The predicted octanol–water partition coefficient (Wildman–Crippen LogP) is 14.3. The van der Waals surface area contributed by atoms with Crippen LogP contribution in [-0.2, 0) is 32.7 Å². The average Bonchev–Trinajstić information content (AvgIpc) is 3.21. The molecule has 0 spiro atoms. The SMILES string of the molecule is CCCCCCCCCCCCCCCCCCCCCCCC(=O)O[C@H](COCCCCCCCCCCCCCCCCCC)COP(=O)(O)OC[C@H](N)C(=O)O. The summed E-state index contributed by atoms with van der Waals surface area (Å²) < 4.78 is 33.5. The zero-order valence-corrected chi connectivity index (χ0v) is 39.5. The Labute approximate surface area is 363 Å². The number of carbonyl (C=O) groups is 2. The fraction of sp³-hybridized carbons (Fsp3) is 0.958. The molecule has 10 nitrogen and oxygen atoms in total. The number of esters is 1. The summed E-state index contributed by atoms with van der Waals surface area (Å²) in [6.07, 6.45) is 47.3. The van der Waals surface area contributed by atoms with Crippen molar-refractivity contribution >= 4 is 19.8 Å². The Morgan fingerprint density at radius 1 is 0.475 bits per heavy atom. The van der Waals surface area contributed by atoms with Crippen LogP contribution in [0.4, 0.5) is 0 Å². The Kier molecular flexibility index (Phi) is 44.2. The summed E-state index contributed by atoms with van der Waals surface area (Å²) in [6, 6.07) is -1.47. The van der Waals surface area contributed by atoms with Crippen molar-refractivity contribution in [2.24, 2.45) is 5.73 Å². The van der Waals surface area contributed by atoms with Crippen molar-refractivity contribution in [3.8, 4) is 0 Å². The van der Waals surface area contributed by atoms with E-state index in [4.69, 9.17) is 29.4 Å². The lowest BCUT2D eigenvalue weighted by Crippen LogP contribution is -2.34. The van der Waals surface area contributed by atoms with E-state index in [0.717, 1.165) is 38.5 Å². The second-order valence-electron chi connectivity index (χ2n) is 17.3. The third kappa shape index (κ3) is 44.8. The van der Waals surface area contributed by atoms with E-state index in [1.807, 2.05) is 0 Å². The number of phosphoric ester groups is 1. The predicted molar refractivity (Wildman–Crippen MR) is 245 cm³/mol. The van der Waals surface area contributed by atoms with Gasteiger partial charge >= 0.3 is 19.8 Å². The largest absolute Gasteiger partial charge is 0.480 e. The number of aliphatic carboxylic acids is 1. The number of hydrogen-bond acceptors (Lipinski definition) is 8. The minimum Gasteiger partial charge on any atom is -0.480 e. The summed E-state index contributed by atoms with van der Waals surface area (Å²) in [5.41, 5.74) is 5.37. The lowest BCUT2D eigenvalue weighted by Gasteiger charge is -2.20. The molecule has 0 aromatic carbocycles. The molecule has 0 aliphatic heterocycles. The van der Waals surface area contributed by atoms with E-state index in [2.05, 4.69) is 13.8 Å². The topological polar surface area (TPSA) is 155 Å². The van der Waals surface area contributed by atoms with Crippen LogP contribution in [0.3, 0.4) is 0 Å². The number of carboxylic acids is 1. The molecule has 0 amide bonds. The van der Waals surface area contributed by atoms with E-state index in [-0.39, 0.29) is 13.0 Å². The quantitative estimate of drug-likeness (QED) is 0.0306. The smallest absolute Gasteiger partial charge is 0.472 e. The molecular weight excluding hydrogens is 766 g/mol. The molecule has 0 aliphatic carbocycles. The summed E-state index contributed by atoms with van der Waals surface area (Å²) in [5.74, 6) is -1.76. The van der Waals surface area contributed by atoms with E-state index in [0.29, 0.717) is 6.61 Å². The van der Waals surface area contributed by atoms with Crippen molar-refractivity contribution < 1.29 is 42.7 Å². The van der Waals surface area contributed by atoms with Crippen LogP contribution in [0.2, 0.25) is 0 Å². The van der Waals surface area contributed by atoms with Crippen LogP contribution < -0.4 is 5.73 Å². The maximum atomic E-state index is 12.7.